The minimum Gasteiger partial charge on any atom is -0.282 e. The molecule has 1 heterocycles. The van der Waals surface area contributed by atoms with Crippen LogP contribution in [0.4, 0.5) is 18.9 Å². The van der Waals surface area contributed by atoms with Gasteiger partial charge in [0.15, 0.2) is 9.84 Å². The van der Waals surface area contributed by atoms with Gasteiger partial charge in [-0.25, -0.2) is 18.4 Å². The molecule has 4 rings (SSSR count). The van der Waals surface area contributed by atoms with E-state index in [-0.39, 0.29) is 16.0 Å². The first kappa shape index (κ1) is 27.8. The van der Waals surface area contributed by atoms with Gasteiger partial charge in [0.05, 0.1) is 32.2 Å². The van der Waals surface area contributed by atoms with Crippen LogP contribution in [0.5, 0.6) is 0 Å². The molecule has 3 aromatic carbocycles. The smallest absolute Gasteiger partial charge is 0.282 e. The van der Waals surface area contributed by atoms with Crippen LogP contribution in [0.2, 0.25) is 0 Å². The summed E-state index contributed by atoms with van der Waals surface area (Å²) in [4.78, 5) is 16.8. The highest BCUT2D eigenvalue weighted by atomic mass is 32.2. The Hall–Kier alpha value is -4.21. The fourth-order valence-corrected chi connectivity index (χ4v) is 5.73. The highest BCUT2D eigenvalue weighted by Crippen LogP contribution is 2.54. The van der Waals surface area contributed by atoms with Gasteiger partial charge in [-0.1, -0.05) is 42.5 Å². The van der Waals surface area contributed by atoms with E-state index in [1.165, 1.54) is 30.3 Å². The summed E-state index contributed by atoms with van der Waals surface area (Å²) in [5.41, 5.74) is -6.78. The molecule has 0 fully saturated rings. The van der Waals surface area contributed by atoms with Gasteiger partial charge in [-0.3, -0.25) is 14.7 Å². The third-order valence-electron chi connectivity index (χ3n) is 5.62. The maximum atomic E-state index is 14.7. The molecule has 0 amide bonds. The van der Waals surface area contributed by atoms with E-state index in [2.05, 4.69) is 9.97 Å². The molecule has 10 nitrogen and oxygen atoms in total. The Labute approximate surface area is 219 Å². The predicted octanol–water partition coefficient (Wildman–Crippen LogP) is 5.05. The summed E-state index contributed by atoms with van der Waals surface area (Å²) in [6.07, 6.45) is -2.83. The molecule has 4 aromatic rings. The number of rotatable bonds is 6. The van der Waals surface area contributed by atoms with Crippen molar-refractivity contribution < 1.29 is 39.5 Å². The molecule has 1 aromatic heterocycles. The summed E-state index contributed by atoms with van der Waals surface area (Å²) in [7, 11) is -9.51. The van der Waals surface area contributed by atoms with Crippen LogP contribution >= 0.6 is 0 Å². The minimum atomic E-state index is -5.74. The Bertz CT molecular complexity index is 1800. The van der Waals surface area contributed by atoms with Crippen LogP contribution in [-0.2, 0) is 26.1 Å². The van der Waals surface area contributed by atoms with Crippen molar-refractivity contribution in [3.8, 4) is 33.5 Å². The summed E-state index contributed by atoms with van der Waals surface area (Å²) in [6.45, 7) is 0. The number of nitrogens with zero attached hydrogens (tertiary/aromatic N) is 3. The molecule has 0 atom stereocenters. The SMILES string of the molecule is CS(=O)(=O)c1ccc(-c2c(-c3ccccc3)c([N+](=O)[O-])c(-c3ccncn3)c(C(F)(F)F)c2S(=O)(=O)O)cc1. The van der Waals surface area contributed by atoms with Gasteiger partial charge >= 0.3 is 6.18 Å². The molecule has 202 valence electrons. The Morgan fingerprint density at radius 1 is 0.872 bits per heavy atom. The van der Waals surface area contributed by atoms with Gasteiger partial charge in [-0.05, 0) is 29.3 Å². The van der Waals surface area contributed by atoms with Crippen LogP contribution in [0.3, 0.4) is 0 Å². The minimum absolute atomic E-state index is 0.0553. The molecule has 0 aliphatic carbocycles. The van der Waals surface area contributed by atoms with Crippen LogP contribution in [0.1, 0.15) is 5.56 Å². The van der Waals surface area contributed by atoms with Crippen LogP contribution in [0, 0.1) is 10.1 Å². The first-order valence-electron chi connectivity index (χ1n) is 10.7. The van der Waals surface area contributed by atoms with Gasteiger partial charge < -0.3 is 0 Å². The molecule has 0 spiro atoms. The lowest BCUT2D eigenvalue weighted by atomic mass is 9.86. The largest absolute Gasteiger partial charge is 0.418 e. The topological polar surface area (TPSA) is 157 Å². The zero-order valence-corrected chi connectivity index (χ0v) is 21.2. The first-order valence-corrected chi connectivity index (χ1v) is 14.0. The van der Waals surface area contributed by atoms with Crippen molar-refractivity contribution in [2.75, 3.05) is 6.26 Å². The predicted molar refractivity (Wildman–Crippen MR) is 133 cm³/mol. The zero-order chi connectivity index (χ0) is 28.8. The second kappa shape index (κ2) is 9.83. The average molecular weight is 580 g/mol. The van der Waals surface area contributed by atoms with Gasteiger partial charge in [0, 0.05) is 18.0 Å². The molecule has 0 unspecified atom stereocenters. The molecule has 39 heavy (non-hydrogen) atoms. The summed E-state index contributed by atoms with van der Waals surface area (Å²) in [5.74, 6) is 0. The van der Waals surface area contributed by atoms with Crippen LogP contribution in [0.15, 0.2) is 83.0 Å². The van der Waals surface area contributed by atoms with Crippen LogP contribution < -0.4 is 0 Å². The molecule has 0 saturated heterocycles. The zero-order valence-electron chi connectivity index (χ0n) is 19.6. The molecular formula is C24H16F3N3O7S2. The maximum Gasteiger partial charge on any atom is 0.418 e. The lowest BCUT2D eigenvalue weighted by molar-refractivity contribution is -0.383. The molecule has 0 saturated carbocycles. The van der Waals surface area contributed by atoms with Gasteiger partial charge in [0.25, 0.3) is 15.8 Å². The lowest BCUT2D eigenvalue weighted by Gasteiger charge is -2.23. The second-order valence-electron chi connectivity index (χ2n) is 8.16. The van der Waals surface area contributed by atoms with Crippen molar-refractivity contribution in [3.05, 3.63) is 88.9 Å². The fourth-order valence-electron chi connectivity index (χ4n) is 4.14. The maximum absolute atomic E-state index is 14.7. The van der Waals surface area contributed by atoms with Crippen molar-refractivity contribution >= 4 is 25.6 Å². The Kier molecular flexibility index (Phi) is 7.01. The van der Waals surface area contributed by atoms with E-state index in [0.717, 1.165) is 49.1 Å². The highest BCUT2D eigenvalue weighted by molar-refractivity contribution is 7.90. The van der Waals surface area contributed by atoms with E-state index in [0.29, 0.717) is 0 Å². The number of halogens is 3. The van der Waals surface area contributed by atoms with E-state index in [4.69, 9.17) is 0 Å². The number of nitro groups is 1. The number of hydrogen-bond acceptors (Lipinski definition) is 8. The number of benzene rings is 3. The van der Waals surface area contributed by atoms with Crippen LogP contribution in [0.25, 0.3) is 33.5 Å². The summed E-state index contributed by atoms with van der Waals surface area (Å²) in [5, 5.41) is 12.5. The molecule has 15 heteroatoms. The standard InChI is InChI=1S/C24H16F3N3O7S2/c1-38(33,34)16-9-7-15(8-10-16)19-18(14-5-3-2-4-6-14)22(30(31)32)20(17-11-12-28-13-29-17)21(24(25,26)27)23(19)39(35,36)37/h2-13H,1H3,(H,35,36,37). The molecule has 1 N–H and O–H groups in total. The Balaban J connectivity index is 2.39. The second-order valence-corrected chi connectivity index (χ2v) is 11.5. The van der Waals surface area contributed by atoms with Crippen molar-refractivity contribution in [1.29, 1.82) is 0 Å². The number of aromatic nitrogens is 2. The number of nitro benzene ring substituents is 1. The molecular weight excluding hydrogens is 563 g/mol. The third kappa shape index (κ3) is 5.36. The van der Waals surface area contributed by atoms with Gasteiger partial charge in [0.1, 0.15) is 11.2 Å². The average Bonchev–Trinajstić information content (AvgIpc) is 2.86. The quantitative estimate of drug-likeness (QED) is 0.187. The van der Waals surface area contributed by atoms with E-state index in [1.807, 2.05) is 0 Å². The number of hydrogen-bond donors (Lipinski definition) is 1. The molecule has 0 radical (unpaired) electrons. The van der Waals surface area contributed by atoms with E-state index in [1.54, 1.807) is 0 Å². The van der Waals surface area contributed by atoms with Crippen LogP contribution in [-0.4, -0.2) is 42.5 Å². The fraction of sp³-hybridized carbons (Fsp3) is 0.0833. The lowest BCUT2D eigenvalue weighted by Crippen LogP contribution is -2.19. The normalized spacial score (nSPS) is 12.3. The molecule has 0 aliphatic heterocycles. The van der Waals surface area contributed by atoms with E-state index >= 15 is 0 Å². The monoisotopic (exact) mass is 579 g/mol. The summed E-state index contributed by atoms with van der Waals surface area (Å²) < 4.78 is 104. The van der Waals surface area contributed by atoms with Crippen molar-refractivity contribution in [2.24, 2.45) is 0 Å². The van der Waals surface area contributed by atoms with E-state index in [9.17, 15) is 44.7 Å². The van der Waals surface area contributed by atoms with Crippen molar-refractivity contribution in [1.82, 2.24) is 9.97 Å². The Morgan fingerprint density at radius 2 is 1.46 bits per heavy atom. The van der Waals surface area contributed by atoms with Crippen molar-refractivity contribution in [2.45, 2.75) is 16.0 Å². The molecule has 0 bridgehead atoms. The first-order chi connectivity index (χ1) is 18.1. The Morgan fingerprint density at radius 3 is 1.92 bits per heavy atom. The van der Waals surface area contributed by atoms with Gasteiger partial charge in [-0.15, -0.1) is 0 Å². The number of alkyl halides is 3. The molecule has 0 aliphatic rings. The van der Waals surface area contributed by atoms with Crippen molar-refractivity contribution in [3.63, 3.8) is 0 Å². The highest BCUT2D eigenvalue weighted by Gasteiger charge is 2.47. The number of sulfone groups is 1. The third-order valence-corrected chi connectivity index (χ3v) is 7.68. The van der Waals surface area contributed by atoms with Gasteiger partial charge in [0.2, 0.25) is 0 Å². The summed E-state index contributed by atoms with van der Waals surface area (Å²) >= 11 is 0. The summed E-state index contributed by atoms with van der Waals surface area (Å²) in [6, 6.07) is 11.9. The van der Waals surface area contributed by atoms with Gasteiger partial charge in [-0.2, -0.15) is 21.6 Å². The van der Waals surface area contributed by atoms with E-state index < -0.39 is 69.6 Å².